The molecule has 3 heteroatoms. The fourth-order valence-electron chi connectivity index (χ4n) is 4.07. The van der Waals surface area contributed by atoms with Crippen LogP contribution in [0.1, 0.15) is 17.3 Å². The highest BCUT2D eigenvalue weighted by molar-refractivity contribution is 6.34. The SMILES string of the molecule is CC(=O)NC(=O)c1ccc2c3cccc4cccc(c5cccc1c52)c43. The molecule has 0 heterocycles. The lowest BCUT2D eigenvalue weighted by Crippen LogP contribution is -2.28. The average Bonchev–Trinajstić information content (AvgIpc) is 2.65. The summed E-state index contributed by atoms with van der Waals surface area (Å²) in [5.41, 5.74) is 0.521. The Morgan fingerprint density at radius 2 is 1.19 bits per heavy atom. The van der Waals surface area contributed by atoms with Gasteiger partial charge in [0.2, 0.25) is 5.91 Å². The van der Waals surface area contributed by atoms with Crippen LogP contribution in [-0.4, -0.2) is 11.8 Å². The first-order valence-corrected chi connectivity index (χ1v) is 8.55. The molecule has 0 atom stereocenters. The smallest absolute Gasteiger partial charge is 0.258 e. The van der Waals surface area contributed by atoms with Crippen LogP contribution in [0.15, 0.2) is 66.7 Å². The molecular weight excluding hydrogens is 322 g/mol. The van der Waals surface area contributed by atoms with Crippen LogP contribution in [0.3, 0.4) is 0 Å². The van der Waals surface area contributed by atoms with E-state index in [4.69, 9.17) is 0 Å². The summed E-state index contributed by atoms with van der Waals surface area (Å²) in [6.45, 7) is 1.35. The molecule has 124 valence electrons. The zero-order valence-electron chi connectivity index (χ0n) is 14.2. The van der Waals surface area contributed by atoms with Crippen molar-refractivity contribution in [2.45, 2.75) is 6.92 Å². The Morgan fingerprint density at radius 1 is 0.654 bits per heavy atom. The average molecular weight is 337 g/mol. The number of amides is 2. The number of fused-ring (bicyclic) bond motifs is 2. The second kappa shape index (κ2) is 5.27. The summed E-state index contributed by atoms with van der Waals surface area (Å²) in [6.07, 6.45) is 0. The Hall–Kier alpha value is -3.46. The molecule has 0 aliphatic heterocycles. The van der Waals surface area contributed by atoms with E-state index in [0.29, 0.717) is 5.56 Å². The molecule has 0 radical (unpaired) electrons. The normalized spacial score (nSPS) is 11.6. The molecule has 5 rings (SSSR count). The summed E-state index contributed by atoms with van der Waals surface area (Å²) in [5, 5.41) is 11.4. The van der Waals surface area contributed by atoms with Crippen molar-refractivity contribution in [1.82, 2.24) is 5.32 Å². The van der Waals surface area contributed by atoms with E-state index in [-0.39, 0.29) is 11.8 Å². The molecular formula is C23H15NO2. The molecule has 1 N–H and O–H groups in total. The van der Waals surface area contributed by atoms with Crippen LogP contribution in [0.2, 0.25) is 0 Å². The molecule has 0 aliphatic carbocycles. The first kappa shape index (κ1) is 14.8. The van der Waals surface area contributed by atoms with Crippen LogP contribution in [-0.2, 0) is 4.79 Å². The third-order valence-corrected chi connectivity index (χ3v) is 5.06. The fraction of sp³-hybridized carbons (Fsp3) is 0.0435. The predicted octanol–water partition coefficient (Wildman–Crippen LogP) is 5.01. The van der Waals surface area contributed by atoms with Crippen LogP contribution in [0, 0.1) is 0 Å². The van der Waals surface area contributed by atoms with Gasteiger partial charge >= 0.3 is 0 Å². The molecule has 0 unspecified atom stereocenters. The molecule has 0 aromatic heterocycles. The quantitative estimate of drug-likeness (QED) is 0.345. The van der Waals surface area contributed by atoms with Crippen molar-refractivity contribution >= 4 is 54.9 Å². The van der Waals surface area contributed by atoms with E-state index in [9.17, 15) is 9.59 Å². The molecule has 0 bridgehead atoms. The van der Waals surface area contributed by atoms with Crippen LogP contribution in [0.4, 0.5) is 0 Å². The van der Waals surface area contributed by atoms with E-state index in [0.717, 1.165) is 21.5 Å². The van der Waals surface area contributed by atoms with Crippen molar-refractivity contribution in [3.8, 4) is 0 Å². The summed E-state index contributed by atoms with van der Waals surface area (Å²) in [6, 6.07) is 22.5. The summed E-state index contributed by atoms with van der Waals surface area (Å²) in [4.78, 5) is 23.8. The first-order valence-electron chi connectivity index (χ1n) is 8.55. The highest BCUT2D eigenvalue weighted by Crippen LogP contribution is 2.40. The van der Waals surface area contributed by atoms with Gasteiger partial charge in [0.05, 0.1) is 0 Å². The van der Waals surface area contributed by atoms with E-state index >= 15 is 0 Å². The first-order chi connectivity index (χ1) is 12.6. The lowest BCUT2D eigenvalue weighted by molar-refractivity contribution is -0.118. The maximum absolute atomic E-state index is 12.5. The monoisotopic (exact) mass is 337 g/mol. The fourth-order valence-corrected chi connectivity index (χ4v) is 4.07. The van der Waals surface area contributed by atoms with Gasteiger partial charge in [0.15, 0.2) is 0 Å². The molecule has 0 aliphatic rings. The van der Waals surface area contributed by atoms with Crippen LogP contribution >= 0.6 is 0 Å². The number of nitrogens with one attached hydrogen (secondary N) is 1. The minimum Gasteiger partial charge on any atom is -0.293 e. The van der Waals surface area contributed by atoms with Gasteiger partial charge in [-0.2, -0.15) is 0 Å². The largest absolute Gasteiger partial charge is 0.293 e. The number of carbonyl (C=O) groups is 2. The molecule has 26 heavy (non-hydrogen) atoms. The van der Waals surface area contributed by atoms with Gasteiger partial charge in [-0.05, 0) is 49.2 Å². The summed E-state index contributed by atoms with van der Waals surface area (Å²) >= 11 is 0. The third kappa shape index (κ3) is 1.94. The molecule has 0 saturated carbocycles. The molecule has 0 spiro atoms. The topological polar surface area (TPSA) is 46.2 Å². The Balaban J connectivity index is 2.00. The Bertz CT molecular complexity index is 1300. The summed E-state index contributed by atoms with van der Waals surface area (Å²) in [5.74, 6) is -0.719. The summed E-state index contributed by atoms with van der Waals surface area (Å²) < 4.78 is 0. The van der Waals surface area contributed by atoms with Crippen molar-refractivity contribution in [2.24, 2.45) is 0 Å². The van der Waals surface area contributed by atoms with E-state index in [1.54, 1.807) is 0 Å². The van der Waals surface area contributed by atoms with E-state index in [2.05, 4.69) is 47.8 Å². The van der Waals surface area contributed by atoms with Gasteiger partial charge in [0, 0.05) is 12.5 Å². The highest BCUT2D eigenvalue weighted by Gasteiger charge is 2.17. The lowest BCUT2D eigenvalue weighted by Gasteiger charge is -2.15. The molecule has 5 aromatic carbocycles. The maximum Gasteiger partial charge on any atom is 0.258 e. The number of carbonyl (C=O) groups excluding carboxylic acids is 2. The summed E-state index contributed by atoms with van der Waals surface area (Å²) in [7, 11) is 0. The van der Waals surface area contributed by atoms with Crippen LogP contribution in [0.25, 0.3) is 43.1 Å². The van der Waals surface area contributed by atoms with Gasteiger partial charge in [-0.25, -0.2) is 0 Å². The maximum atomic E-state index is 12.5. The van der Waals surface area contributed by atoms with Gasteiger partial charge < -0.3 is 0 Å². The molecule has 0 saturated heterocycles. The predicted molar refractivity (Wildman–Crippen MR) is 106 cm³/mol. The Labute approximate surface area is 149 Å². The number of hydrogen-bond acceptors (Lipinski definition) is 2. The number of benzene rings is 5. The van der Waals surface area contributed by atoms with Crippen LogP contribution in [0.5, 0.6) is 0 Å². The minimum absolute atomic E-state index is 0.356. The van der Waals surface area contributed by atoms with Gasteiger partial charge in [-0.15, -0.1) is 0 Å². The molecule has 2 amide bonds. The van der Waals surface area contributed by atoms with E-state index < -0.39 is 0 Å². The highest BCUT2D eigenvalue weighted by atomic mass is 16.2. The standard InChI is InChI=1S/C23H15NO2/c1-13(25)24-23(26)20-12-11-19-16-8-3-6-14-5-2-7-15(21(14)16)17-9-4-10-18(20)22(17)19/h2-12H,1H3,(H,24,25,26). The second-order valence-electron chi connectivity index (χ2n) is 6.61. The lowest BCUT2D eigenvalue weighted by atomic mass is 9.88. The van der Waals surface area contributed by atoms with Gasteiger partial charge in [0.1, 0.15) is 0 Å². The number of imide groups is 1. The second-order valence-corrected chi connectivity index (χ2v) is 6.61. The number of rotatable bonds is 1. The minimum atomic E-state index is -0.363. The van der Waals surface area contributed by atoms with Crippen molar-refractivity contribution in [2.75, 3.05) is 0 Å². The van der Waals surface area contributed by atoms with E-state index in [1.807, 2.05) is 24.3 Å². The van der Waals surface area contributed by atoms with Crippen molar-refractivity contribution in [3.63, 3.8) is 0 Å². The van der Waals surface area contributed by atoms with Crippen LogP contribution < -0.4 is 5.32 Å². The zero-order chi connectivity index (χ0) is 17.8. The van der Waals surface area contributed by atoms with Gasteiger partial charge in [0.25, 0.3) is 5.91 Å². The molecule has 5 aromatic rings. The van der Waals surface area contributed by atoms with Crippen molar-refractivity contribution in [1.29, 1.82) is 0 Å². The molecule has 3 nitrogen and oxygen atoms in total. The number of hydrogen-bond donors (Lipinski definition) is 1. The Morgan fingerprint density at radius 3 is 1.85 bits per heavy atom. The van der Waals surface area contributed by atoms with Gasteiger partial charge in [-0.3, -0.25) is 14.9 Å². The molecule has 0 fully saturated rings. The third-order valence-electron chi connectivity index (χ3n) is 5.06. The van der Waals surface area contributed by atoms with E-state index in [1.165, 1.54) is 28.5 Å². The Kier molecular flexibility index (Phi) is 3.01. The van der Waals surface area contributed by atoms with Crippen molar-refractivity contribution in [3.05, 3.63) is 72.3 Å². The zero-order valence-corrected chi connectivity index (χ0v) is 14.2. The van der Waals surface area contributed by atoms with Gasteiger partial charge in [-0.1, -0.05) is 60.7 Å². The van der Waals surface area contributed by atoms with Crippen molar-refractivity contribution < 1.29 is 9.59 Å².